The number of rotatable bonds is 4. The van der Waals surface area contributed by atoms with Crippen molar-refractivity contribution in [2.75, 3.05) is 0 Å². The summed E-state index contributed by atoms with van der Waals surface area (Å²) in [5.41, 5.74) is 5.83. The first-order chi connectivity index (χ1) is 7.90. The molecule has 1 aromatic rings. The number of nitrogens with two attached hydrogens (primary N) is 1. The molecule has 0 fully saturated rings. The van der Waals surface area contributed by atoms with Crippen molar-refractivity contribution < 1.29 is 9.18 Å². The summed E-state index contributed by atoms with van der Waals surface area (Å²) in [6, 6.07) is 3.89. The highest BCUT2D eigenvalue weighted by molar-refractivity contribution is 14.1. The molecule has 0 saturated carbocycles. The Kier molecular flexibility index (Phi) is 5.26. The topological polar surface area (TPSA) is 55.1 Å². The van der Waals surface area contributed by atoms with Crippen LogP contribution in [0.4, 0.5) is 4.39 Å². The predicted octanol–water partition coefficient (Wildman–Crippen LogP) is 2.22. The first-order valence-electron chi connectivity index (χ1n) is 4.94. The maximum atomic E-state index is 12.9. The zero-order valence-electron chi connectivity index (χ0n) is 9.17. The van der Waals surface area contributed by atoms with Crippen LogP contribution in [0.5, 0.6) is 0 Å². The fourth-order valence-electron chi connectivity index (χ4n) is 1.33. The van der Waals surface area contributed by atoms with Gasteiger partial charge in [0.15, 0.2) is 0 Å². The van der Waals surface area contributed by atoms with Gasteiger partial charge in [-0.25, -0.2) is 4.39 Å². The van der Waals surface area contributed by atoms with Crippen LogP contribution in [0, 0.1) is 9.39 Å². The van der Waals surface area contributed by atoms with E-state index in [2.05, 4.69) is 5.32 Å². The highest BCUT2D eigenvalue weighted by atomic mass is 127. The van der Waals surface area contributed by atoms with E-state index in [9.17, 15) is 9.18 Å². The fourth-order valence-corrected chi connectivity index (χ4v) is 2.30. The summed E-state index contributed by atoms with van der Waals surface area (Å²) in [4.78, 5) is 12.2. The minimum absolute atomic E-state index is 0.138. The second-order valence-corrected chi connectivity index (χ2v) is 5.36. The summed E-state index contributed by atoms with van der Waals surface area (Å²) >= 11 is 6.68. The molecule has 0 radical (unpaired) electrons. The van der Waals surface area contributed by atoms with E-state index in [0.717, 1.165) is 0 Å². The number of amides is 1. The van der Waals surface area contributed by atoms with Crippen LogP contribution in [0.25, 0.3) is 0 Å². The van der Waals surface area contributed by atoms with Gasteiger partial charge in [0.25, 0.3) is 5.91 Å². The number of carbonyl (C=O) groups excluding carboxylic acids is 1. The zero-order chi connectivity index (χ0) is 13.0. The first-order valence-corrected chi connectivity index (χ1v) is 6.43. The average molecular weight is 366 g/mol. The zero-order valence-corrected chi connectivity index (χ0v) is 12.1. The minimum atomic E-state index is -0.359. The molecule has 92 valence electrons. The maximum Gasteiger partial charge on any atom is 0.252 e. The molecule has 0 aliphatic carbocycles. The van der Waals surface area contributed by atoms with Crippen LogP contribution in [0.1, 0.15) is 23.7 Å². The van der Waals surface area contributed by atoms with Gasteiger partial charge >= 0.3 is 0 Å². The summed E-state index contributed by atoms with van der Waals surface area (Å²) in [6.07, 6.45) is 0.443. The number of thiocarbonyl (C=S) groups is 1. The van der Waals surface area contributed by atoms with Gasteiger partial charge in [0.2, 0.25) is 0 Å². The van der Waals surface area contributed by atoms with Gasteiger partial charge in [-0.15, -0.1) is 0 Å². The second-order valence-electron chi connectivity index (χ2n) is 3.67. The summed E-state index contributed by atoms with van der Waals surface area (Å²) in [5.74, 6) is -0.611. The number of carbonyl (C=O) groups is 1. The van der Waals surface area contributed by atoms with Gasteiger partial charge in [0, 0.05) is 16.0 Å². The van der Waals surface area contributed by atoms with E-state index in [1.165, 1.54) is 18.2 Å². The van der Waals surface area contributed by atoms with Crippen molar-refractivity contribution >= 4 is 45.7 Å². The van der Waals surface area contributed by atoms with Crippen LogP contribution in [0.15, 0.2) is 18.2 Å². The van der Waals surface area contributed by atoms with Gasteiger partial charge in [-0.3, -0.25) is 4.79 Å². The summed E-state index contributed by atoms with van der Waals surface area (Å²) in [6.45, 7) is 1.81. The molecule has 0 aliphatic heterocycles. The molecule has 0 spiro atoms. The number of nitrogens with one attached hydrogen (secondary N) is 1. The summed E-state index contributed by atoms with van der Waals surface area (Å²) in [7, 11) is 0. The maximum absolute atomic E-state index is 12.9. The smallest absolute Gasteiger partial charge is 0.252 e. The van der Waals surface area contributed by atoms with Crippen LogP contribution >= 0.6 is 34.8 Å². The third-order valence-corrected chi connectivity index (χ3v) is 3.12. The molecule has 3 nitrogen and oxygen atoms in total. The molecule has 1 amide bonds. The SMILES string of the molecule is CC(CC(N)=S)NC(=O)c1ccc(F)cc1I. The van der Waals surface area contributed by atoms with Crippen molar-refractivity contribution in [1.82, 2.24) is 5.32 Å². The Balaban J connectivity index is 2.73. The van der Waals surface area contributed by atoms with Gasteiger partial charge in [0.05, 0.1) is 10.6 Å². The fraction of sp³-hybridized carbons (Fsp3) is 0.273. The Hall–Kier alpha value is -0.760. The van der Waals surface area contributed by atoms with Gasteiger partial charge in [-0.2, -0.15) is 0 Å². The highest BCUT2D eigenvalue weighted by Gasteiger charge is 2.13. The number of benzene rings is 1. The van der Waals surface area contributed by atoms with Gasteiger partial charge in [-0.1, -0.05) is 12.2 Å². The van der Waals surface area contributed by atoms with Crippen LogP contribution in [-0.2, 0) is 0 Å². The van der Waals surface area contributed by atoms with Crippen molar-refractivity contribution in [3.63, 3.8) is 0 Å². The lowest BCUT2D eigenvalue weighted by Crippen LogP contribution is -2.35. The largest absolute Gasteiger partial charge is 0.393 e. The molecule has 17 heavy (non-hydrogen) atoms. The van der Waals surface area contributed by atoms with E-state index in [4.69, 9.17) is 18.0 Å². The molecule has 0 bridgehead atoms. The Bertz CT molecular complexity index is 453. The lowest BCUT2D eigenvalue weighted by atomic mass is 10.1. The number of hydrogen-bond acceptors (Lipinski definition) is 2. The monoisotopic (exact) mass is 366 g/mol. The van der Waals surface area contributed by atoms with Gasteiger partial charge < -0.3 is 11.1 Å². The second kappa shape index (κ2) is 6.25. The Morgan fingerprint density at radius 1 is 1.65 bits per heavy atom. The Labute approximate surface area is 118 Å². The van der Waals surface area contributed by atoms with Gasteiger partial charge in [-0.05, 0) is 47.7 Å². The lowest BCUT2D eigenvalue weighted by Gasteiger charge is -2.13. The minimum Gasteiger partial charge on any atom is -0.393 e. The molecule has 1 unspecified atom stereocenters. The van der Waals surface area contributed by atoms with Crippen LogP contribution in [0.3, 0.4) is 0 Å². The quantitative estimate of drug-likeness (QED) is 0.635. The molecular weight excluding hydrogens is 354 g/mol. The molecule has 1 atom stereocenters. The standard InChI is InChI=1S/C11H12FIN2OS/c1-6(4-10(14)17)15-11(16)8-3-2-7(12)5-9(8)13/h2-3,5-6H,4H2,1H3,(H2,14,17)(H,15,16). The van der Waals surface area contributed by atoms with Crippen molar-refractivity contribution in [1.29, 1.82) is 0 Å². The molecule has 1 aromatic carbocycles. The molecule has 6 heteroatoms. The van der Waals surface area contributed by atoms with E-state index in [-0.39, 0.29) is 17.8 Å². The van der Waals surface area contributed by atoms with Crippen molar-refractivity contribution in [3.8, 4) is 0 Å². The Morgan fingerprint density at radius 2 is 2.29 bits per heavy atom. The summed E-state index contributed by atoms with van der Waals surface area (Å²) in [5, 5.41) is 2.75. The number of hydrogen-bond donors (Lipinski definition) is 2. The van der Waals surface area contributed by atoms with Crippen LogP contribution in [0.2, 0.25) is 0 Å². The Morgan fingerprint density at radius 3 is 2.82 bits per heavy atom. The molecule has 1 rings (SSSR count). The third-order valence-electron chi connectivity index (χ3n) is 2.06. The van der Waals surface area contributed by atoms with E-state index >= 15 is 0 Å². The van der Waals surface area contributed by atoms with E-state index < -0.39 is 0 Å². The van der Waals surface area contributed by atoms with Crippen LogP contribution in [-0.4, -0.2) is 16.9 Å². The van der Waals surface area contributed by atoms with E-state index in [0.29, 0.717) is 20.5 Å². The normalized spacial score (nSPS) is 11.9. The average Bonchev–Trinajstić information content (AvgIpc) is 2.15. The number of halogens is 2. The summed E-state index contributed by atoms with van der Waals surface area (Å²) < 4.78 is 13.4. The predicted molar refractivity (Wildman–Crippen MR) is 77.4 cm³/mol. The van der Waals surface area contributed by atoms with E-state index in [1.807, 2.05) is 29.5 Å². The van der Waals surface area contributed by atoms with Crippen molar-refractivity contribution in [3.05, 3.63) is 33.1 Å². The molecule has 3 N–H and O–H groups in total. The van der Waals surface area contributed by atoms with E-state index in [1.54, 1.807) is 0 Å². The molecule has 0 heterocycles. The molecule has 0 aromatic heterocycles. The highest BCUT2D eigenvalue weighted by Crippen LogP contribution is 2.14. The van der Waals surface area contributed by atoms with Crippen molar-refractivity contribution in [2.45, 2.75) is 19.4 Å². The molecule has 0 aliphatic rings. The lowest BCUT2D eigenvalue weighted by molar-refractivity contribution is 0.0940. The molecular formula is C11H12FIN2OS. The van der Waals surface area contributed by atoms with Crippen LogP contribution < -0.4 is 11.1 Å². The van der Waals surface area contributed by atoms with Crippen molar-refractivity contribution in [2.24, 2.45) is 5.73 Å². The first kappa shape index (κ1) is 14.3. The van der Waals surface area contributed by atoms with Gasteiger partial charge in [0.1, 0.15) is 5.82 Å². The molecule has 0 saturated heterocycles. The third kappa shape index (κ3) is 4.55.